The monoisotopic (exact) mass is 500 g/mol. The first-order valence-electron chi connectivity index (χ1n) is 10.6. The van der Waals surface area contributed by atoms with Crippen molar-refractivity contribution < 1.29 is 28.9 Å². The van der Waals surface area contributed by atoms with Crippen molar-refractivity contribution in [2.24, 2.45) is 11.8 Å². The quantitative estimate of drug-likeness (QED) is 0.132. The number of carbonyl (C=O) groups is 2. The molecule has 13 heteroatoms. The predicted octanol–water partition coefficient (Wildman–Crippen LogP) is 3.07. The number of β-lactam (4-membered cyclic amide) rings is 1. The van der Waals surface area contributed by atoms with E-state index in [1.165, 1.54) is 29.2 Å². The number of carbonyl (C=O) groups excluding carboxylic acids is 2. The zero-order valence-corrected chi connectivity index (χ0v) is 19.5. The van der Waals surface area contributed by atoms with Crippen LogP contribution in [0, 0.1) is 37.3 Å². The summed E-state index contributed by atoms with van der Waals surface area (Å²) in [6, 6.07) is 6.28. The molecule has 2 aliphatic rings. The number of amides is 1. The first kappa shape index (κ1) is 24.1. The minimum absolute atomic E-state index is 0.000545. The maximum Gasteiger partial charge on any atom is 0.356 e. The van der Waals surface area contributed by atoms with E-state index < -0.39 is 15.8 Å². The molecule has 1 aromatic heterocycles. The van der Waals surface area contributed by atoms with E-state index in [0.717, 1.165) is 30.2 Å². The number of nitro groups is 2. The Hall–Kier alpha value is -4.00. The van der Waals surface area contributed by atoms with Crippen molar-refractivity contribution in [3.8, 4) is 0 Å². The van der Waals surface area contributed by atoms with Crippen LogP contribution in [0.15, 0.2) is 58.2 Å². The highest BCUT2D eigenvalue weighted by atomic mass is 32.2. The molecule has 182 valence electrons. The molecular formula is C22H20N4O8S. The van der Waals surface area contributed by atoms with Gasteiger partial charge < -0.3 is 14.8 Å². The van der Waals surface area contributed by atoms with Gasteiger partial charge in [0.2, 0.25) is 12.1 Å². The van der Waals surface area contributed by atoms with Crippen LogP contribution in [-0.2, 0) is 20.9 Å². The van der Waals surface area contributed by atoms with Crippen LogP contribution in [-0.4, -0.2) is 32.7 Å². The second kappa shape index (κ2) is 9.33. The Morgan fingerprint density at radius 1 is 1.20 bits per heavy atom. The summed E-state index contributed by atoms with van der Waals surface area (Å²) in [5.74, 6) is -1.30. The van der Waals surface area contributed by atoms with Crippen molar-refractivity contribution in [2.75, 3.05) is 0 Å². The largest absolute Gasteiger partial charge is 0.619 e. The minimum Gasteiger partial charge on any atom is -0.619 e. The van der Waals surface area contributed by atoms with Gasteiger partial charge >= 0.3 is 5.97 Å². The van der Waals surface area contributed by atoms with Crippen LogP contribution in [0.5, 0.6) is 0 Å². The zero-order valence-electron chi connectivity index (χ0n) is 18.7. The molecule has 3 heterocycles. The average molecular weight is 500 g/mol. The lowest BCUT2D eigenvalue weighted by molar-refractivity contribution is -0.608. The average Bonchev–Trinajstić information content (AvgIpc) is 3.11. The predicted molar refractivity (Wildman–Crippen MR) is 121 cm³/mol. The summed E-state index contributed by atoms with van der Waals surface area (Å²) in [5, 5.41) is 34.0. The molecule has 0 spiro atoms. The maximum atomic E-state index is 13.1. The molecule has 0 aliphatic carbocycles. The summed E-state index contributed by atoms with van der Waals surface area (Å²) in [4.78, 5) is 48.8. The second-order valence-electron chi connectivity index (χ2n) is 8.43. The molecule has 2 atom stereocenters. The van der Waals surface area contributed by atoms with Crippen LogP contribution in [0.4, 0.5) is 11.4 Å². The van der Waals surface area contributed by atoms with E-state index in [-0.39, 0.29) is 52.4 Å². The molecule has 1 aromatic carbocycles. The Morgan fingerprint density at radius 2 is 1.89 bits per heavy atom. The maximum absolute atomic E-state index is 13.1. The third-order valence-electron chi connectivity index (χ3n) is 5.90. The Morgan fingerprint density at radius 3 is 2.49 bits per heavy atom. The summed E-state index contributed by atoms with van der Waals surface area (Å²) in [6.45, 7) is 3.62. The fraction of sp³-hybridized carbons (Fsp3) is 0.318. The van der Waals surface area contributed by atoms with Crippen molar-refractivity contribution in [1.29, 1.82) is 0 Å². The molecule has 0 radical (unpaired) electrons. The van der Waals surface area contributed by atoms with Gasteiger partial charge in [-0.1, -0.05) is 25.6 Å². The van der Waals surface area contributed by atoms with Gasteiger partial charge in [0.05, 0.1) is 27.9 Å². The van der Waals surface area contributed by atoms with Crippen LogP contribution in [0.1, 0.15) is 25.8 Å². The summed E-state index contributed by atoms with van der Waals surface area (Å²) in [6.07, 6.45) is 2.36. The standard InChI is InChI=1S/C22H20N4O8S/c1-12(2)19-16-9-17(35-18-10-23(29)8-7-15(18)26(32)33)20(24(16)21(19)27)22(28)34-11-13-3-5-14(6-4-13)25(30)31/h3-8,10,12,16,19H,9,11H2,1-2H3. The molecule has 2 aliphatic heterocycles. The third kappa shape index (κ3) is 4.54. The molecule has 1 amide bonds. The lowest BCUT2D eigenvalue weighted by atomic mass is 9.79. The molecule has 1 fully saturated rings. The van der Waals surface area contributed by atoms with Crippen LogP contribution in [0.25, 0.3) is 0 Å². The smallest absolute Gasteiger partial charge is 0.356 e. The SMILES string of the molecule is CC(C)C1C(=O)N2C(C(=O)OCc3ccc([N+](=O)[O-])cc3)=C(Sc3c[n+]([O-])ccc3[N+](=O)[O-])CC12. The number of non-ortho nitro benzene ring substituents is 1. The van der Waals surface area contributed by atoms with E-state index in [4.69, 9.17) is 4.74 Å². The van der Waals surface area contributed by atoms with Gasteiger partial charge in [0.25, 0.3) is 11.4 Å². The van der Waals surface area contributed by atoms with Crippen molar-refractivity contribution in [3.63, 3.8) is 0 Å². The van der Waals surface area contributed by atoms with Gasteiger partial charge in [0.15, 0.2) is 11.1 Å². The van der Waals surface area contributed by atoms with Crippen molar-refractivity contribution >= 4 is 35.0 Å². The number of pyridine rings is 1. The van der Waals surface area contributed by atoms with Crippen LogP contribution in [0.2, 0.25) is 0 Å². The summed E-state index contributed by atoms with van der Waals surface area (Å²) in [7, 11) is 0. The summed E-state index contributed by atoms with van der Waals surface area (Å²) < 4.78 is 5.83. The molecule has 1 saturated heterocycles. The fourth-order valence-corrected chi connectivity index (χ4v) is 5.46. The fourth-order valence-electron chi connectivity index (χ4n) is 4.26. The highest BCUT2D eigenvalue weighted by molar-refractivity contribution is 8.03. The minimum atomic E-state index is -0.794. The van der Waals surface area contributed by atoms with Crippen molar-refractivity contribution in [3.05, 3.63) is 84.3 Å². The van der Waals surface area contributed by atoms with E-state index in [2.05, 4.69) is 0 Å². The van der Waals surface area contributed by atoms with Crippen LogP contribution < -0.4 is 4.73 Å². The number of thioether (sulfide) groups is 1. The van der Waals surface area contributed by atoms with E-state index in [1.54, 1.807) is 0 Å². The van der Waals surface area contributed by atoms with Crippen LogP contribution in [0.3, 0.4) is 0 Å². The molecule has 0 N–H and O–H groups in total. The van der Waals surface area contributed by atoms with Gasteiger partial charge in [-0.2, -0.15) is 4.73 Å². The number of hydrogen-bond acceptors (Lipinski definition) is 9. The van der Waals surface area contributed by atoms with Gasteiger partial charge in [-0.3, -0.25) is 25.0 Å². The van der Waals surface area contributed by atoms with Gasteiger partial charge in [0, 0.05) is 23.5 Å². The van der Waals surface area contributed by atoms with E-state index in [9.17, 15) is 35.0 Å². The van der Waals surface area contributed by atoms with Gasteiger partial charge in [-0.15, -0.1) is 0 Å². The highest BCUT2D eigenvalue weighted by Gasteiger charge is 2.56. The normalized spacial score (nSPS) is 18.9. The number of rotatable bonds is 8. The molecule has 2 unspecified atom stereocenters. The number of fused-ring (bicyclic) bond motifs is 1. The number of hydrogen-bond donors (Lipinski definition) is 0. The van der Waals surface area contributed by atoms with E-state index in [0.29, 0.717) is 21.6 Å². The third-order valence-corrected chi connectivity index (χ3v) is 7.04. The molecule has 0 bridgehead atoms. The Kier molecular flexibility index (Phi) is 6.43. The second-order valence-corrected chi connectivity index (χ2v) is 9.57. The molecule has 0 saturated carbocycles. The molecule has 2 aromatic rings. The zero-order chi connectivity index (χ0) is 25.4. The Balaban J connectivity index is 1.62. The molecule has 35 heavy (non-hydrogen) atoms. The highest BCUT2D eigenvalue weighted by Crippen LogP contribution is 2.50. The number of ether oxygens (including phenoxy) is 1. The van der Waals surface area contributed by atoms with Gasteiger partial charge in [-0.25, -0.2) is 4.79 Å². The van der Waals surface area contributed by atoms with Crippen molar-refractivity contribution in [1.82, 2.24) is 4.90 Å². The molecular weight excluding hydrogens is 480 g/mol. The van der Waals surface area contributed by atoms with E-state index in [1.807, 2.05) is 13.8 Å². The first-order valence-corrected chi connectivity index (χ1v) is 11.4. The lowest BCUT2D eigenvalue weighted by Crippen LogP contribution is -2.60. The number of benzene rings is 1. The summed E-state index contributed by atoms with van der Waals surface area (Å²) in [5.41, 5.74) is 0.106. The number of esters is 1. The first-order chi connectivity index (χ1) is 16.6. The molecule has 12 nitrogen and oxygen atoms in total. The number of aromatic nitrogens is 1. The van der Waals surface area contributed by atoms with Gasteiger partial charge in [0.1, 0.15) is 12.3 Å². The van der Waals surface area contributed by atoms with Gasteiger partial charge in [-0.05, 0) is 23.6 Å². The summed E-state index contributed by atoms with van der Waals surface area (Å²) >= 11 is 0.894. The topological polar surface area (TPSA) is 160 Å². The Labute approximate surface area is 203 Å². The number of nitrogens with zero attached hydrogens (tertiary/aromatic N) is 4. The lowest BCUT2D eigenvalue weighted by Gasteiger charge is -2.45. The van der Waals surface area contributed by atoms with Crippen molar-refractivity contribution in [2.45, 2.75) is 37.8 Å². The van der Waals surface area contributed by atoms with E-state index >= 15 is 0 Å². The number of nitro benzene ring substituents is 1. The van der Waals surface area contributed by atoms with Crippen LogP contribution >= 0.6 is 11.8 Å². The molecule has 4 rings (SSSR count). The Bertz CT molecular complexity index is 1260.